The highest BCUT2D eigenvalue weighted by molar-refractivity contribution is 6.83. The van der Waals surface area contributed by atoms with Gasteiger partial charge in [0.2, 0.25) is 0 Å². The molecular weight excluding hydrogens is 184 g/mol. The van der Waals surface area contributed by atoms with Gasteiger partial charge < -0.3 is 0 Å². The zero-order chi connectivity index (χ0) is 10.0. The lowest BCUT2D eigenvalue weighted by molar-refractivity contribution is 1.11. The molecule has 0 nitrogen and oxygen atoms in total. The van der Waals surface area contributed by atoms with Gasteiger partial charge in [-0.05, 0) is 11.1 Å². The molecule has 0 saturated heterocycles. The number of hydrogen-bond acceptors (Lipinski definition) is 0. The Labute approximate surface area is 87.7 Å². The van der Waals surface area contributed by atoms with Crippen LogP contribution in [0.1, 0.15) is 6.92 Å². The lowest BCUT2D eigenvalue weighted by atomic mass is 10.4. The Morgan fingerprint density at radius 2 is 1.21 bits per heavy atom. The van der Waals surface area contributed by atoms with Gasteiger partial charge in [0.25, 0.3) is 0 Å². The van der Waals surface area contributed by atoms with Crippen molar-refractivity contribution in [1.29, 1.82) is 0 Å². The maximum Gasteiger partial charge on any atom is 0.0726 e. The second kappa shape index (κ2) is 3.74. The number of rotatable bonds is 3. The van der Waals surface area contributed by atoms with Crippen LogP contribution in [0.3, 0.4) is 0 Å². The quantitative estimate of drug-likeness (QED) is 0.605. The highest BCUT2D eigenvalue weighted by Crippen LogP contribution is 2.42. The summed E-state index contributed by atoms with van der Waals surface area (Å²) in [7, 11) is -1.20. The predicted molar refractivity (Wildman–Crippen MR) is 66.2 cm³/mol. The molecule has 0 heterocycles. The molecular formula is C13H18Si. The van der Waals surface area contributed by atoms with Crippen LogP contribution in [0.5, 0.6) is 0 Å². The van der Waals surface area contributed by atoms with Crippen molar-refractivity contribution >= 4 is 8.07 Å². The van der Waals surface area contributed by atoms with Crippen LogP contribution in [-0.4, -0.2) is 8.07 Å². The molecule has 0 saturated carbocycles. The third-order valence-corrected chi connectivity index (χ3v) is 9.12. The Bertz CT molecular complexity index is 268. The van der Waals surface area contributed by atoms with Gasteiger partial charge in [-0.15, -0.1) is 0 Å². The summed E-state index contributed by atoms with van der Waals surface area (Å²) >= 11 is 0. The summed E-state index contributed by atoms with van der Waals surface area (Å²) in [6.07, 6.45) is 18.3. The minimum atomic E-state index is -1.20. The average molecular weight is 202 g/mol. The summed E-state index contributed by atoms with van der Waals surface area (Å²) in [5, 5.41) is 0. The van der Waals surface area contributed by atoms with E-state index in [2.05, 4.69) is 62.1 Å². The average Bonchev–Trinajstić information content (AvgIpc) is 2.88. The second-order valence-corrected chi connectivity index (χ2v) is 9.50. The van der Waals surface area contributed by atoms with E-state index in [1.807, 2.05) is 0 Å². The fourth-order valence-electron chi connectivity index (χ4n) is 2.44. The van der Waals surface area contributed by atoms with E-state index in [4.69, 9.17) is 0 Å². The second-order valence-electron chi connectivity index (χ2n) is 4.45. The van der Waals surface area contributed by atoms with Crippen molar-refractivity contribution in [3.05, 3.63) is 48.6 Å². The molecule has 0 aliphatic heterocycles. The highest BCUT2D eigenvalue weighted by atomic mass is 28.3. The molecule has 0 fully saturated rings. The monoisotopic (exact) mass is 202 g/mol. The van der Waals surface area contributed by atoms with Crippen LogP contribution in [0.4, 0.5) is 0 Å². The van der Waals surface area contributed by atoms with Gasteiger partial charge in [0.1, 0.15) is 0 Å². The van der Waals surface area contributed by atoms with E-state index in [9.17, 15) is 0 Å². The summed E-state index contributed by atoms with van der Waals surface area (Å²) in [6, 6.07) is 1.35. The standard InChI is InChI=1S/C13H18Si/c1-3-14(2,12-8-4-5-9-12)13-10-6-7-11-13/h4-13H,3H2,1-2H3. The molecule has 2 aliphatic rings. The first-order valence-electron chi connectivity index (χ1n) is 5.47. The smallest absolute Gasteiger partial charge is 0.0726 e. The Balaban J connectivity index is 2.24. The summed E-state index contributed by atoms with van der Waals surface area (Å²) in [5.74, 6) is 0. The van der Waals surface area contributed by atoms with E-state index in [0.717, 1.165) is 11.1 Å². The van der Waals surface area contributed by atoms with Crippen LogP contribution in [0, 0.1) is 0 Å². The van der Waals surface area contributed by atoms with Gasteiger partial charge in [0.05, 0.1) is 8.07 Å². The summed E-state index contributed by atoms with van der Waals surface area (Å²) in [6.45, 7) is 4.88. The third kappa shape index (κ3) is 1.46. The summed E-state index contributed by atoms with van der Waals surface area (Å²) < 4.78 is 0. The van der Waals surface area contributed by atoms with E-state index >= 15 is 0 Å². The molecule has 14 heavy (non-hydrogen) atoms. The Morgan fingerprint density at radius 1 is 0.857 bits per heavy atom. The van der Waals surface area contributed by atoms with Gasteiger partial charge in [-0.3, -0.25) is 0 Å². The van der Waals surface area contributed by atoms with Crippen LogP contribution in [0.25, 0.3) is 0 Å². The zero-order valence-electron chi connectivity index (χ0n) is 8.98. The molecule has 0 aromatic rings. The van der Waals surface area contributed by atoms with E-state index < -0.39 is 8.07 Å². The highest BCUT2D eigenvalue weighted by Gasteiger charge is 2.38. The van der Waals surface area contributed by atoms with Crippen molar-refractivity contribution in [1.82, 2.24) is 0 Å². The van der Waals surface area contributed by atoms with Gasteiger partial charge in [-0.25, -0.2) is 0 Å². The molecule has 0 radical (unpaired) electrons. The minimum absolute atomic E-state index is 0.741. The van der Waals surface area contributed by atoms with Crippen molar-refractivity contribution < 1.29 is 0 Å². The van der Waals surface area contributed by atoms with Crippen molar-refractivity contribution in [3.63, 3.8) is 0 Å². The molecule has 0 aromatic carbocycles. The molecule has 2 aliphatic carbocycles. The largest absolute Gasteiger partial charge is 0.0803 e. The lowest BCUT2D eigenvalue weighted by Crippen LogP contribution is -2.37. The molecule has 0 amide bonds. The van der Waals surface area contributed by atoms with Crippen LogP contribution in [0.2, 0.25) is 23.7 Å². The van der Waals surface area contributed by atoms with E-state index in [0.29, 0.717) is 0 Å². The fourth-order valence-corrected chi connectivity index (χ4v) is 6.03. The van der Waals surface area contributed by atoms with Crippen LogP contribution >= 0.6 is 0 Å². The van der Waals surface area contributed by atoms with Crippen molar-refractivity contribution in [3.8, 4) is 0 Å². The normalized spacial score (nSPS) is 21.6. The van der Waals surface area contributed by atoms with Gasteiger partial charge in [0.15, 0.2) is 0 Å². The first kappa shape index (κ1) is 9.72. The number of hydrogen-bond donors (Lipinski definition) is 0. The summed E-state index contributed by atoms with van der Waals surface area (Å²) in [4.78, 5) is 0. The topological polar surface area (TPSA) is 0 Å². The lowest BCUT2D eigenvalue weighted by Gasteiger charge is -2.34. The van der Waals surface area contributed by atoms with Crippen LogP contribution < -0.4 is 0 Å². The Kier molecular flexibility index (Phi) is 2.59. The Morgan fingerprint density at radius 3 is 1.50 bits per heavy atom. The third-order valence-electron chi connectivity index (χ3n) is 3.78. The van der Waals surface area contributed by atoms with E-state index in [1.54, 1.807) is 0 Å². The molecule has 1 heteroatoms. The first-order valence-corrected chi connectivity index (χ1v) is 8.33. The predicted octanol–water partition coefficient (Wildman–Crippen LogP) is 4.08. The molecule has 0 bridgehead atoms. The maximum absolute atomic E-state index is 2.53. The Hall–Kier alpha value is -0.823. The van der Waals surface area contributed by atoms with E-state index in [-0.39, 0.29) is 0 Å². The van der Waals surface area contributed by atoms with E-state index in [1.165, 1.54) is 6.04 Å². The SMILES string of the molecule is CC[Si](C)(C1C=CC=C1)C1C=CC=C1. The molecule has 74 valence electrons. The molecule has 0 N–H and O–H groups in total. The zero-order valence-corrected chi connectivity index (χ0v) is 9.98. The van der Waals surface area contributed by atoms with Crippen molar-refractivity contribution in [2.75, 3.05) is 0 Å². The van der Waals surface area contributed by atoms with Gasteiger partial charge >= 0.3 is 0 Å². The van der Waals surface area contributed by atoms with Gasteiger partial charge in [-0.2, -0.15) is 0 Å². The number of allylic oxidation sites excluding steroid dienone is 8. The molecule has 0 spiro atoms. The van der Waals surface area contributed by atoms with Crippen LogP contribution in [0.15, 0.2) is 48.6 Å². The molecule has 2 rings (SSSR count). The van der Waals surface area contributed by atoms with Crippen molar-refractivity contribution in [2.45, 2.75) is 30.6 Å². The van der Waals surface area contributed by atoms with Crippen molar-refractivity contribution in [2.24, 2.45) is 0 Å². The fraction of sp³-hybridized carbons (Fsp3) is 0.385. The summed E-state index contributed by atoms with van der Waals surface area (Å²) in [5.41, 5.74) is 1.48. The molecule has 0 aromatic heterocycles. The van der Waals surface area contributed by atoms with Gasteiger partial charge in [0, 0.05) is 0 Å². The van der Waals surface area contributed by atoms with Gasteiger partial charge in [-0.1, -0.05) is 68.1 Å². The molecule has 0 atom stereocenters. The minimum Gasteiger partial charge on any atom is -0.0803 e. The molecule has 0 unspecified atom stereocenters. The first-order chi connectivity index (χ1) is 6.77. The maximum atomic E-state index is 2.53. The van der Waals surface area contributed by atoms with Crippen LogP contribution in [-0.2, 0) is 0 Å².